The lowest BCUT2D eigenvalue weighted by Crippen LogP contribution is -2.31. The van der Waals surface area contributed by atoms with E-state index in [4.69, 9.17) is 19.3 Å². The molecule has 356 valence electrons. The smallest absolute Gasteiger partial charge is 0.317 e. The minimum absolute atomic E-state index is 0.0856. The Hall–Kier alpha value is -5.56. The number of nitrogens with one attached hydrogen (secondary N) is 2. The molecular weight excluding hydrogens is 1220 g/mol. The molecule has 2 amide bonds. The first kappa shape index (κ1) is 50.8. The first-order valence-corrected chi connectivity index (χ1v) is 27.6. The number of amides is 2. The number of primary sulfonamides is 2. The third-order valence-corrected chi connectivity index (χ3v) is 15.0. The van der Waals surface area contributed by atoms with Crippen LogP contribution in [0, 0.1) is 0 Å². The summed E-state index contributed by atoms with van der Waals surface area (Å²) >= 11 is 13.7. The van der Waals surface area contributed by atoms with Crippen LogP contribution in [0.3, 0.4) is 0 Å². The van der Waals surface area contributed by atoms with Gasteiger partial charge in [0.25, 0.3) is 11.8 Å². The van der Waals surface area contributed by atoms with Gasteiger partial charge < -0.3 is 10.6 Å². The molecule has 0 bridgehead atoms. The van der Waals surface area contributed by atoms with Crippen molar-refractivity contribution in [1.82, 2.24) is 30.2 Å². The normalized spacial score (nSPS) is 12.8. The molecule has 2 heterocycles. The van der Waals surface area contributed by atoms with E-state index in [1.165, 1.54) is 70.0 Å². The Balaban J connectivity index is 1.08. The van der Waals surface area contributed by atoms with Crippen LogP contribution in [-0.4, -0.2) is 48.2 Å². The summed E-state index contributed by atoms with van der Waals surface area (Å²) in [6.07, 6.45) is -2.82. The maximum Gasteiger partial charge on any atom is 0.702 e. The molecule has 0 saturated carbocycles. The molecule has 70 heavy (non-hydrogen) atoms. The number of nitrogens with two attached hydrogens (primary N) is 2. The Morgan fingerprint density at radius 1 is 0.500 bits per heavy atom. The van der Waals surface area contributed by atoms with Gasteiger partial charge in [0, 0.05) is 44.7 Å². The standard InChI is InChI=1S/C46H33Br4N8O9PS2/c47-31-9-1-27(2-10-31)41-25-39(55-57(41)35-17-21-37(22-18-35)69(51,62)63)43(59)53-45(29-5-13-33(49)14-6-29)66-68(61)67-46(30-7-15-34(50)16-8-30)54-44(60)40-26-42(28-3-11-32(48)12-4-28)58(56-40)36-19-23-38(24-20-36)70(52,64)65/h1-26,45-46H,(H5-,51,52,53,54,59,60,62,63,64,65)/p+1. The molecule has 2 unspecified atom stereocenters. The van der Waals surface area contributed by atoms with Crippen molar-refractivity contribution in [3.63, 3.8) is 0 Å². The summed E-state index contributed by atoms with van der Waals surface area (Å²) in [5, 5.41) is 25.4. The predicted molar refractivity (Wildman–Crippen MR) is 275 cm³/mol. The summed E-state index contributed by atoms with van der Waals surface area (Å²) in [5.41, 5.74) is 3.66. The van der Waals surface area contributed by atoms with Gasteiger partial charge in [-0.15, -0.1) is 0 Å². The minimum Gasteiger partial charge on any atom is -0.317 e. The Bertz CT molecular complexity index is 3250. The van der Waals surface area contributed by atoms with Crippen LogP contribution in [0.25, 0.3) is 33.9 Å². The monoisotopic (exact) mass is 1250 g/mol. The van der Waals surface area contributed by atoms with Crippen molar-refractivity contribution in [2.45, 2.75) is 22.2 Å². The highest BCUT2D eigenvalue weighted by atomic mass is 79.9. The lowest BCUT2D eigenvalue weighted by molar-refractivity contribution is 0.0688. The molecular formula is C46H34Br4N8O9PS2+. The Morgan fingerprint density at radius 3 is 1.10 bits per heavy atom. The van der Waals surface area contributed by atoms with Gasteiger partial charge in [-0.1, -0.05) is 121 Å². The van der Waals surface area contributed by atoms with Gasteiger partial charge in [0.05, 0.1) is 32.6 Å². The fourth-order valence-corrected chi connectivity index (χ4v) is 9.61. The zero-order chi connectivity index (χ0) is 49.9. The molecule has 8 aromatic rings. The topological polar surface area (TPSA) is 250 Å². The van der Waals surface area contributed by atoms with E-state index in [2.05, 4.69) is 84.6 Å². The summed E-state index contributed by atoms with van der Waals surface area (Å²) in [4.78, 5) is 28.2. The number of rotatable bonds is 16. The van der Waals surface area contributed by atoms with Gasteiger partial charge >= 0.3 is 8.25 Å². The van der Waals surface area contributed by atoms with Gasteiger partial charge in [-0.2, -0.15) is 10.2 Å². The van der Waals surface area contributed by atoms with E-state index >= 15 is 0 Å². The summed E-state index contributed by atoms with van der Waals surface area (Å²) < 4.78 is 80.1. The van der Waals surface area contributed by atoms with Crippen molar-refractivity contribution >= 4 is 104 Å². The highest BCUT2D eigenvalue weighted by Crippen LogP contribution is 2.38. The molecule has 0 aliphatic rings. The van der Waals surface area contributed by atoms with Crippen LogP contribution in [0.2, 0.25) is 0 Å². The molecule has 0 spiro atoms. The Labute approximate surface area is 435 Å². The highest BCUT2D eigenvalue weighted by Gasteiger charge is 2.36. The van der Waals surface area contributed by atoms with Crippen LogP contribution in [-0.2, 0) is 33.7 Å². The SMILES string of the molecule is NS(=O)(=O)c1ccc(-n2nc(C(=O)NC(O[P+](=O)OC(NC(=O)c3cc(-c4ccc(Br)cc4)n(-c4ccc(S(N)(=O)=O)cc4)n3)c3ccc(Br)cc3)c3ccc(Br)cc3)cc2-c2ccc(Br)cc2)cc1. The van der Waals surface area contributed by atoms with E-state index in [9.17, 15) is 31.0 Å². The second-order valence-electron chi connectivity index (χ2n) is 15.0. The molecule has 0 radical (unpaired) electrons. The predicted octanol–water partition coefficient (Wildman–Crippen LogP) is 9.98. The minimum atomic E-state index is -3.99. The molecule has 0 fully saturated rings. The second kappa shape index (κ2) is 21.4. The third-order valence-electron chi connectivity index (χ3n) is 10.2. The van der Waals surface area contributed by atoms with Crippen LogP contribution in [0.4, 0.5) is 0 Å². The van der Waals surface area contributed by atoms with Crippen molar-refractivity contribution in [2.75, 3.05) is 0 Å². The fourth-order valence-electron chi connectivity index (χ4n) is 6.78. The van der Waals surface area contributed by atoms with E-state index in [1.807, 2.05) is 24.3 Å². The quantitative estimate of drug-likeness (QED) is 0.0523. The van der Waals surface area contributed by atoms with Crippen molar-refractivity contribution in [1.29, 1.82) is 0 Å². The molecule has 0 saturated heterocycles. The summed E-state index contributed by atoms with van der Waals surface area (Å²) in [5.74, 6) is -1.49. The average Bonchev–Trinajstić information content (AvgIpc) is 3.99. The maximum atomic E-state index is 14.2. The molecule has 0 aliphatic heterocycles. The van der Waals surface area contributed by atoms with Gasteiger partial charge in [0.2, 0.25) is 32.5 Å². The summed E-state index contributed by atoms with van der Waals surface area (Å²) in [6, 6.07) is 42.1. The van der Waals surface area contributed by atoms with Crippen molar-refractivity contribution < 1.29 is 40.0 Å². The Morgan fingerprint density at radius 2 is 0.800 bits per heavy atom. The fraction of sp³-hybridized carbons (Fsp3) is 0.0435. The maximum absolute atomic E-state index is 14.2. The number of aromatic nitrogens is 4. The van der Waals surface area contributed by atoms with Crippen LogP contribution in [0.5, 0.6) is 0 Å². The van der Waals surface area contributed by atoms with Gasteiger partial charge in [-0.3, -0.25) is 9.59 Å². The zero-order valence-electron chi connectivity index (χ0n) is 35.6. The molecule has 17 nitrogen and oxygen atoms in total. The van der Waals surface area contributed by atoms with Gasteiger partial charge in [0.1, 0.15) is 0 Å². The summed E-state index contributed by atoms with van der Waals surface area (Å²) in [6.45, 7) is 0. The van der Waals surface area contributed by atoms with Gasteiger partial charge in [-0.05, 0) is 109 Å². The molecule has 2 aromatic heterocycles. The van der Waals surface area contributed by atoms with Crippen molar-refractivity contribution in [3.05, 3.63) is 198 Å². The van der Waals surface area contributed by atoms with Crippen LogP contribution >= 0.6 is 72.0 Å². The Kier molecular flexibility index (Phi) is 15.6. The van der Waals surface area contributed by atoms with E-state index in [0.29, 0.717) is 54.0 Å². The van der Waals surface area contributed by atoms with Crippen LogP contribution < -0.4 is 20.9 Å². The molecule has 6 aromatic carbocycles. The zero-order valence-corrected chi connectivity index (χ0v) is 44.4. The molecule has 2 atom stereocenters. The third kappa shape index (κ3) is 12.3. The number of nitrogens with zero attached hydrogens (tertiary/aromatic N) is 4. The van der Waals surface area contributed by atoms with Gasteiger partial charge in [-0.25, -0.2) is 36.5 Å². The van der Waals surface area contributed by atoms with E-state index in [0.717, 1.165) is 8.95 Å². The van der Waals surface area contributed by atoms with Crippen molar-refractivity contribution in [3.8, 4) is 33.9 Å². The highest BCUT2D eigenvalue weighted by molar-refractivity contribution is 9.11. The number of benzene rings is 6. The molecule has 0 aliphatic carbocycles. The summed E-state index contributed by atoms with van der Waals surface area (Å²) in [7, 11) is -11.2. The molecule has 8 rings (SSSR count). The number of hydrogen-bond donors (Lipinski definition) is 4. The first-order chi connectivity index (χ1) is 33.3. The lowest BCUT2D eigenvalue weighted by Gasteiger charge is -2.15. The second-order valence-corrected chi connectivity index (χ2v) is 22.6. The van der Waals surface area contributed by atoms with E-state index in [1.54, 1.807) is 72.8 Å². The first-order valence-electron chi connectivity index (χ1n) is 20.2. The largest absolute Gasteiger partial charge is 0.702 e. The average molecular weight is 1260 g/mol. The van der Waals surface area contributed by atoms with Gasteiger partial charge in [0.15, 0.2) is 11.4 Å². The number of carbonyl (C=O) groups is 2. The van der Waals surface area contributed by atoms with Crippen LogP contribution in [0.1, 0.15) is 44.6 Å². The lowest BCUT2D eigenvalue weighted by atomic mass is 10.1. The number of carbonyl (C=O) groups excluding carboxylic acids is 2. The van der Waals surface area contributed by atoms with E-state index < -0.39 is 52.6 Å². The molecule has 6 N–H and O–H groups in total. The number of hydrogen-bond acceptors (Lipinski definition) is 11. The van der Waals surface area contributed by atoms with E-state index in [-0.39, 0.29) is 21.2 Å². The van der Waals surface area contributed by atoms with Crippen molar-refractivity contribution in [2.24, 2.45) is 10.3 Å². The van der Waals surface area contributed by atoms with Crippen LogP contribution in [0.15, 0.2) is 185 Å². The number of sulfonamides is 2. The number of halogens is 4. The molecule has 24 heteroatoms.